The van der Waals surface area contributed by atoms with E-state index in [4.69, 9.17) is 5.73 Å². The lowest BCUT2D eigenvalue weighted by molar-refractivity contribution is 0.0946. The first kappa shape index (κ1) is 14.4. The summed E-state index contributed by atoms with van der Waals surface area (Å²) in [5.41, 5.74) is 7.50. The zero-order valence-corrected chi connectivity index (χ0v) is 12.5. The third kappa shape index (κ3) is 3.51. The summed E-state index contributed by atoms with van der Waals surface area (Å²) < 4.78 is 0. The SMILES string of the molecule is Cc1cc(C(=O)NCC(C)c2nc(C)cs2)nc(N)n1. The summed E-state index contributed by atoms with van der Waals surface area (Å²) in [4.78, 5) is 24.3. The van der Waals surface area contributed by atoms with Crippen molar-refractivity contribution < 1.29 is 4.79 Å². The second-order valence-electron chi connectivity index (χ2n) is 4.69. The van der Waals surface area contributed by atoms with Crippen LogP contribution in [-0.2, 0) is 0 Å². The van der Waals surface area contributed by atoms with Crippen LogP contribution in [0.1, 0.15) is 39.7 Å². The molecule has 2 aromatic heterocycles. The number of amides is 1. The summed E-state index contributed by atoms with van der Waals surface area (Å²) >= 11 is 1.60. The fourth-order valence-electron chi connectivity index (χ4n) is 1.73. The monoisotopic (exact) mass is 291 g/mol. The number of nitrogens with zero attached hydrogens (tertiary/aromatic N) is 3. The molecule has 106 valence electrons. The molecule has 0 aromatic carbocycles. The molecule has 0 spiro atoms. The molecule has 2 aromatic rings. The predicted molar refractivity (Wildman–Crippen MR) is 78.8 cm³/mol. The van der Waals surface area contributed by atoms with Crippen molar-refractivity contribution in [3.63, 3.8) is 0 Å². The summed E-state index contributed by atoms with van der Waals surface area (Å²) in [5.74, 6) is 0.0269. The van der Waals surface area contributed by atoms with Crippen molar-refractivity contribution in [3.8, 4) is 0 Å². The van der Waals surface area contributed by atoms with Crippen LogP contribution in [0.25, 0.3) is 0 Å². The van der Waals surface area contributed by atoms with Crippen molar-refractivity contribution in [2.45, 2.75) is 26.7 Å². The number of hydrogen-bond donors (Lipinski definition) is 2. The fraction of sp³-hybridized carbons (Fsp3) is 0.385. The number of carbonyl (C=O) groups is 1. The number of hydrogen-bond acceptors (Lipinski definition) is 6. The maximum atomic E-state index is 12.0. The van der Waals surface area contributed by atoms with E-state index < -0.39 is 0 Å². The molecule has 0 saturated heterocycles. The zero-order chi connectivity index (χ0) is 14.7. The average molecular weight is 291 g/mol. The van der Waals surface area contributed by atoms with Gasteiger partial charge >= 0.3 is 0 Å². The van der Waals surface area contributed by atoms with Crippen LogP contribution in [0, 0.1) is 13.8 Å². The summed E-state index contributed by atoms with van der Waals surface area (Å²) in [6.45, 7) is 6.26. The second kappa shape index (κ2) is 5.96. The van der Waals surface area contributed by atoms with Crippen molar-refractivity contribution in [2.24, 2.45) is 0 Å². The highest BCUT2D eigenvalue weighted by Crippen LogP contribution is 2.18. The molecule has 0 saturated carbocycles. The van der Waals surface area contributed by atoms with Gasteiger partial charge in [-0.2, -0.15) is 0 Å². The van der Waals surface area contributed by atoms with E-state index in [2.05, 4.69) is 20.3 Å². The number of thiazole rings is 1. The highest BCUT2D eigenvalue weighted by Gasteiger charge is 2.13. The van der Waals surface area contributed by atoms with E-state index in [1.54, 1.807) is 24.3 Å². The molecule has 2 heterocycles. The van der Waals surface area contributed by atoms with E-state index in [0.29, 0.717) is 12.2 Å². The Kier molecular flexibility index (Phi) is 4.29. The van der Waals surface area contributed by atoms with Gasteiger partial charge in [-0.25, -0.2) is 15.0 Å². The van der Waals surface area contributed by atoms with Gasteiger partial charge in [-0.05, 0) is 19.9 Å². The molecular weight excluding hydrogens is 274 g/mol. The third-order valence-electron chi connectivity index (χ3n) is 2.73. The summed E-state index contributed by atoms with van der Waals surface area (Å²) in [6.07, 6.45) is 0. The zero-order valence-electron chi connectivity index (χ0n) is 11.7. The number of anilines is 1. The highest BCUT2D eigenvalue weighted by atomic mass is 32.1. The smallest absolute Gasteiger partial charge is 0.270 e. The molecule has 0 aliphatic rings. The van der Waals surface area contributed by atoms with Crippen molar-refractivity contribution in [1.29, 1.82) is 0 Å². The molecule has 20 heavy (non-hydrogen) atoms. The van der Waals surface area contributed by atoms with Gasteiger partial charge in [0.05, 0.1) is 5.01 Å². The Bertz CT molecular complexity index is 605. The Balaban J connectivity index is 1.98. The van der Waals surface area contributed by atoms with Gasteiger partial charge in [-0.1, -0.05) is 6.92 Å². The standard InChI is InChI=1S/C13H17N5OS/c1-7(12-16-9(3)6-20-12)5-15-11(19)10-4-8(2)17-13(14)18-10/h4,6-7H,5H2,1-3H3,(H,15,19)(H2,14,17,18). The normalized spacial score (nSPS) is 12.2. The van der Waals surface area contributed by atoms with E-state index in [1.165, 1.54) is 0 Å². The minimum Gasteiger partial charge on any atom is -0.368 e. The Hall–Kier alpha value is -2.02. The first-order valence-electron chi connectivity index (χ1n) is 6.27. The highest BCUT2D eigenvalue weighted by molar-refractivity contribution is 7.09. The first-order valence-corrected chi connectivity index (χ1v) is 7.15. The number of carbonyl (C=O) groups excluding carboxylic acids is 1. The van der Waals surface area contributed by atoms with Crippen LogP contribution in [-0.4, -0.2) is 27.4 Å². The average Bonchev–Trinajstić information content (AvgIpc) is 2.81. The number of nitrogens with one attached hydrogen (secondary N) is 1. The minimum absolute atomic E-state index is 0.110. The van der Waals surface area contributed by atoms with Crippen molar-refractivity contribution in [1.82, 2.24) is 20.3 Å². The number of nitrogen functional groups attached to an aromatic ring is 1. The molecule has 1 unspecified atom stereocenters. The molecule has 1 amide bonds. The molecular formula is C13H17N5OS. The van der Waals surface area contributed by atoms with Crippen LogP contribution in [0.2, 0.25) is 0 Å². The minimum atomic E-state index is -0.248. The summed E-state index contributed by atoms with van der Waals surface area (Å²) in [7, 11) is 0. The molecule has 1 atom stereocenters. The van der Waals surface area contributed by atoms with Crippen LogP contribution in [0.5, 0.6) is 0 Å². The van der Waals surface area contributed by atoms with Gasteiger partial charge < -0.3 is 11.1 Å². The van der Waals surface area contributed by atoms with Crippen LogP contribution in [0.3, 0.4) is 0 Å². The number of aryl methyl sites for hydroxylation is 2. The van der Waals surface area contributed by atoms with Gasteiger partial charge in [-0.15, -0.1) is 11.3 Å². The molecule has 0 fully saturated rings. The van der Waals surface area contributed by atoms with Gasteiger partial charge in [0.1, 0.15) is 5.69 Å². The quantitative estimate of drug-likeness (QED) is 0.893. The van der Waals surface area contributed by atoms with E-state index in [-0.39, 0.29) is 23.5 Å². The summed E-state index contributed by atoms with van der Waals surface area (Å²) in [5, 5.41) is 5.86. The molecule has 7 heteroatoms. The molecule has 6 nitrogen and oxygen atoms in total. The molecule has 3 N–H and O–H groups in total. The van der Waals surface area contributed by atoms with Gasteiger partial charge in [-0.3, -0.25) is 4.79 Å². The van der Waals surface area contributed by atoms with Crippen molar-refractivity contribution in [2.75, 3.05) is 12.3 Å². The first-order chi connectivity index (χ1) is 9.45. The van der Waals surface area contributed by atoms with E-state index in [0.717, 1.165) is 10.7 Å². The van der Waals surface area contributed by atoms with Gasteiger partial charge in [0, 0.05) is 29.2 Å². The molecule has 0 bridgehead atoms. The number of rotatable bonds is 4. The van der Waals surface area contributed by atoms with E-state index in [1.807, 2.05) is 19.2 Å². The lowest BCUT2D eigenvalue weighted by Crippen LogP contribution is -2.28. The van der Waals surface area contributed by atoms with E-state index in [9.17, 15) is 4.79 Å². The van der Waals surface area contributed by atoms with Crippen LogP contribution in [0.4, 0.5) is 5.95 Å². The maximum absolute atomic E-state index is 12.0. The Labute approximate surface area is 121 Å². The van der Waals surface area contributed by atoms with Crippen LogP contribution in [0.15, 0.2) is 11.4 Å². The van der Waals surface area contributed by atoms with Crippen LogP contribution >= 0.6 is 11.3 Å². The van der Waals surface area contributed by atoms with Gasteiger partial charge in [0.25, 0.3) is 5.91 Å². The Morgan fingerprint density at radius 3 is 2.70 bits per heavy atom. The lowest BCUT2D eigenvalue weighted by Gasteiger charge is -2.10. The molecule has 0 aliphatic heterocycles. The predicted octanol–water partition coefficient (Wildman–Crippen LogP) is 1.67. The Morgan fingerprint density at radius 1 is 1.35 bits per heavy atom. The topological polar surface area (TPSA) is 93.8 Å². The van der Waals surface area contributed by atoms with Crippen molar-refractivity contribution in [3.05, 3.63) is 33.5 Å². The molecule has 0 radical (unpaired) electrons. The Morgan fingerprint density at radius 2 is 2.10 bits per heavy atom. The van der Waals surface area contributed by atoms with Crippen LogP contribution < -0.4 is 11.1 Å². The fourth-order valence-corrected chi connectivity index (χ4v) is 2.59. The lowest BCUT2D eigenvalue weighted by atomic mass is 10.2. The second-order valence-corrected chi connectivity index (χ2v) is 5.58. The van der Waals surface area contributed by atoms with Crippen molar-refractivity contribution >= 4 is 23.2 Å². The molecule has 0 aliphatic carbocycles. The van der Waals surface area contributed by atoms with Gasteiger partial charge in [0.15, 0.2) is 0 Å². The molecule has 2 rings (SSSR count). The summed E-state index contributed by atoms with van der Waals surface area (Å²) in [6, 6.07) is 1.61. The third-order valence-corrected chi connectivity index (χ3v) is 3.93. The number of nitrogens with two attached hydrogens (primary N) is 1. The largest absolute Gasteiger partial charge is 0.368 e. The van der Waals surface area contributed by atoms with Gasteiger partial charge in [0.2, 0.25) is 5.95 Å². The number of aromatic nitrogens is 3. The maximum Gasteiger partial charge on any atom is 0.270 e. The van der Waals surface area contributed by atoms with E-state index >= 15 is 0 Å².